The van der Waals surface area contributed by atoms with E-state index in [1.165, 1.54) is 0 Å². The highest BCUT2D eigenvalue weighted by Gasteiger charge is 2.39. The van der Waals surface area contributed by atoms with Gasteiger partial charge in [0.05, 0.1) is 12.5 Å². The first-order chi connectivity index (χ1) is 11.9. The number of hydrogen-bond donors (Lipinski definition) is 2. The van der Waals surface area contributed by atoms with Crippen LogP contribution in [0.25, 0.3) is 0 Å². The molecule has 0 bridgehead atoms. The van der Waals surface area contributed by atoms with Gasteiger partial charge in [0.2, 0.25) is 11.8 Å². The number of nitrogens with one attached hydrogen (secondary N) is 2. The first-order valence-electron chi connectivity index (χ1n) is 8.89. The molecule has 0 unspecified atom stereocenters. The third kappa shape index (κ3) is 5.72. The number of hydrogen-bond acceptors (Lipinski definition) is 5. The first-order valence-corrected chi connectivity index (χ1v) is 8.89. The minimum Gasteiger partial charge on any atom is -0.455 e. The predicted molar refractivity (Wildman–Crippen MR) is 89.3 cm³/mol. The number of ether oxygens (including phenoxy) is 1. The van der Waals surface area contributed by atoms with E-state index in [-0.39, 0.29) is 36.9 Å². The highest BCUT2D eigenvalue weighted by molar-refractivity contribution is 5.89. The van der Waals surface area contributed by atoms with Crippen LogP contribution in [0.3, 0.4) is 0 Å². The molecule has 3 amide bonds. The maximum atomic E-state index is 12.1. The smallest absolute Gasteiger partial charge is 0.311 e. The molecule has 8 nitrogen and oxygen atoms in total. The second-order valence-electron chi connectivity index (χ2n) is 6.99. The van der Waals surface area contributed by atoms with Gasteiger partial charge in [-0.3, -0.25) is 19.2 Å². The zero-order valence-corrected chi connectivity index (χ0v) is 14.9. The lowest BCUT2D eigenvalue weighted by molar-refractivity contribution is -0.152. The third-order valence-electron chi connectivity index (χ3n) is 4.50. The zero-order chi connectivity index (χ0) is 18.4. The number of carbonyl (C=O) groups excluding carboxylic acids is 4. The summed E-state index contributed by atoms with van der Waals surface area (Å²) in [6, 6.07) is 0.234. The highest BCUT2D eigenvalue weighted by Crippen LogP contribution is 2.29. The van der Waals surface area contributed by atoms with E-state index in [2.05, 4.69) is 10.6 Å². The van der Waals surface area contributed by atoms with Crippen molar-refractivity contribution in [2.24, 2.45) is 5.92 Å². The van der Waals surface area contributed by atoms with E-state index in [9.17, 15) is 19.2 Å². The molecule has 0 aromatic heterocycles. The van der Waals surface area contributed by atoms with E-state index in [0.717, 1.165) is 25.7 Å². The molecule has 0 aromatic rings. The lowest BCUT2D eigenvalue weighted by atomic mass is 10.1. The van der Waals surface area contributed by atoms with Gasteiger partial charge in [0.1, 0.15) is 0 Å². The number of esters is 1. The standard InChI is InChI=1S/C17H27N3O5/c1-11(2)19-14(21)8-18-15(22)10-25-17(24)12-7-16(23)20(9-12)13-5-3-4-6-13/h11-13H,3-10H2,1-2H3,(H,18,22)(H,19,21)/t12-/m0/s1. The van der Waals surface area contributed by atoms with Gasteiger partial charge in [0.25, 0.3) is 5.91 Å². The molecule has 1 saturated carbocycles. The Morgan fingerprint density at radius 1 is 1.20 bits per heavy atom. The van der Waals surface area contributed by atoms with Gasteiger partial charge in [0.15, 0.2) is 6.61 Å². The molecule has 0 spiro atoms. The van der Waals surface area contributed by atoms with Gasteiger partial charge in [-0.2, -0.15) is 0 Å². The van der Waals surface area contributed by atoms with Crippen molar-refractivity contribution >= 4 is 23.7 Å². The molecule has 8 heteroatoms. The Bertz CT molecular complexity index is 528. The minimum absolute atomic E-state index is 0.00931. The monoisotopic (exact) mass is 353 g/mol. The van der Waals surface area contributed by atoms with E-state index in [0.29, 0.717) is 6.54 Å². The molecule has 0 radical (unpaired) electrons. The molecule has 1 aliphatic heterocycles. The number of likely N-dealkylation sites (tertiary alicyclic amines) is 1. The second kappa shape index (κ2) is 8.82. The molecule has 1 atom stereocenters. The van der Waals surface area contributed by atoms with Gasteiger partial charge in [-0.1, -0.05) is 12.8 Å². The summed E-state index contributed by atoms with van der Waals surface area (Å²) in [5.41, 5.74) is 0. The van der Waals surface area contributed by atoms with Crippen LogP contribution in [-0.4, -0.2) is 60.4 Å². The van der Waals surface area contributed by atoms with Crippen molar-refractivity contribution in [2.75, 3.05) is 19.7 Å². The fourth-order valence-corrected chi connectivity index (χ4v) is 3.32. The van der Waals surface area contributed by atoms with E-state index in [1.807, 2.05) is 13.8 Å². The van der Waals surface area contributed by atoms with Gasteiger partial charge in [-0.15, -0.1) is 0 Å². The summed E-state index contributed by atoms with van der Waals surface area (Å²) in [6.07, 6.45) is 4.37. The molecule has 2 N–H and O–H groups in total. The molecular weight excluding hydrogens is 326 g/mol. The van der Waals surface area contributed by atoms with Crippen molar-refractivity contribution in [3.05, 3.63) is 0 Å². The van der Waals surface area contributed by atoms with Gasteiger partial charge < -0.3 is 20.3 Å². The molecule has 2 rings (SSSR count). The summed E-state index contributed by atoms with van der Waals surface area (Å²) in [5, 5.41) is 5.03. The Balaban J connectivity index is 1.69. The molecule has 1 saturated heterocycles. The van der Waals surface area contributed by atoms with Gasteiger partial charge >= 0.3 is 5.97 Å². The van der Waals surface area contributed by atoms with Crippen molar-refractivity contribution in [1.82, 2.24) is 15.5 Å². The molecule has 25 heavy (non-hydrogen) atoms. The van der Waals surface area contributed by atoms with E-state index in [4.69, 9.17) is 4.74 Å². The zero-order valence-electron chi connectivity index (χ0n) is 14.9. The first kappa shape index (κ1) is 19.2. The lowest BCUT2D eigenvalue weighted by Crippen LogP contribution is -2.41. The quantitative estimate of drug-likeness (QED) is 0.625. The topological polar surface area (TPSA) is 105 Å². The molecule has 1 heterocycles. The molecular formula is C17H27N3O5. The number of nitrogens with zero attached hydrogens (tertiary/aromatic N) is 1. The fourth-order valence-electron chi connectivity index (χ4n) is 3.32. The molecule has 140 valence electrons. The summed E-state index contributed by atoms with van der Waals surface area (Å²) in [4.78, 5) is 49.0. The molecule has 2 aliphatic rings. The van der Waals surface area contributed by atoms with Crippen LogP contribution in [0.15, 0.2) is 0 Å². The van der Waals surface area contributed by atoms with E-state index in [1.54, 1.807) is 4.90 Å². The highest BCUT2D eigenvalue weighted by atomic mass is 16.5. The summed E-state index contributed by atoms with van der Waals surface area (Å²) in [6.45, 7) is 3.41. The van der Waals surface area contributed by atoms with Crippen LogP contribution in [0.4, 0.5) is 0 Å². The van der Waals surface area contributed by atoms with Crippen LogP contribution in [0.5, 0.6) is 0 Å². The van der Waals surface area contributed by atoms with Crippen LogP contribution < -0.4 is 10.6 Å². The minimum atomic E-state index is -0.538. The van der Waals surface area contributed by atoms with Crippen molar-refractivity contribution in [2.45, 2.75) is 58.0 Å². The van der Waals surface area contributed by atoms with Crippen molar-refractivity contribution in [1.29, 1.82) is 0 Å². The number of amides is 3. The van der Waals surface area contributed by atoms with Crippen LogP contribution in [0, 0.1) is 5.92 Å². The SMILES string of the molecule is CC(C)NC(=O)CNC(=O)COC(=O)[C@H]1CC(=O)N(C2CCCC2)C1. The summed E-state index contributed by atoms with van der Waals surface area (Å²) >= 11 is 0. The Hall–Kier alpha value is -2.12. The molecule has 2 fully saturated rings. The van der Waals surface area contributed by atoms with Crippen LogP contribution in [-0.2, 0) is 23.9 Å². The summed E-state index contributed by atoms with van der Waals surface area (Å²) < 4.78 is 5.00. The predicted octanol–water partition coefficient (Wildman–Crippen LogP) is -0.0385. The van der Waals surface area contributed by atoms with Crippen molar-refractivity contribution in [3.8, 4) is 0 Å². The van der Waals surface area contributed by atoms with E-state index < -0.39 is 24.4 Å². The average Bonchev–Trinajstić information content (AvgIpc) is 3.19. The number of carbonyl (C=O) groups is 4. The maximum Gasteiger partial charge on any atom is 0.311 e. The van der Waals surface area contributed by atoms with Crippen LogP contribution in [0.2, 0.25) is 0 Å². The Kier molecular flexibility index (Phi) is 6.78. The third-order valence-corrected chi connectivity index (χ3v) is 4.50. The fraction of sp³-hybridized carbons (Fsp3) is 0.765. The van der Waals surface area contributed by atoms with Crippen LogP contribution >= 0.6 is 0 Å². The van der Waals surface area contributed by atoms with Gasteiger partial charge in [-0.25, -0.2) is 0 Å². The normalized spacial score (nSPS) is 20.8. The maximum absolute atomic E-state index is 12.1. The molecule has 0 aromatic carbocycles. The van der Waals surface area contributed by atoms with E-state index >= 15 is 0 Å². The van der Waals surface area contributed by atoms with Gasteiger partial charge in [0, 0.05) is 25.0 Å². The Morgan fingerprint density at radius 2 is 1.88 bits per heavy atom. The van der Waals surface area contributed by atoms with Crippen LogP contribution in [0.1, 0.15) is 46.0 Å². The van der Waals surface area contributed by atoms with Crippen molar-refractivity contribution < 1.29 is 23.9 Å². The van der Waals surface area contributed by atoms with Crippen molar-refractivity contribution in [3.63, 3.8) is 0 Å². The Morgan fingerprint density at radius 3 is 2.52 bits per heavy atom. The Labute approximate surface area is 147 Å². The summed E-state index contributed by atoms with van der Waals surface area (Å²) in [5.74, 6) is -1.89. The second-order valence-corrected chi connectivity index (χ2v) is 6.99. The lowest BCUT2D eigenvalue weighted by Gasteiger charge is -2.23. The van der Waals surface area contributed by atoms with Gasteiger partial charge in [-0.05, 0) is 26.7 Å². The summed E-state index contributed by atoms with van der Waals surface area (Å²) in [7, 11) is 0. The molecule has 1 aliphatic carbocycles. The largest absolute Gasteiger partial charge is 0.455 e. The average molecular weight is 353 g/mol. The number of rotatable bonds is 7.